The Morgan fingerprint density at radius 1 is 1.52 bits per heavy atom. The van der Waals surface area contributed by atoms with E-state index >= 15 is 0 Å². The van der Waals surface area contributed by atoms with Crippen molar-refractivity contribution >= 4 is 5.91 Å². The standard InChI is InChI=1S/C15H15N3O3/c1-21-14-5-4-12(7-11(14)3-2-6-19)15(20)17-9-13-8-16-10-18-13/h4-5,7-8,10,19H,6,9H2,1H3,(H,16,18)(H,17,20). The van der Waals surface area contributed by atoms with Gasteiger partial charge in [0.25, 0.3) is 5.91 Å². The summed E-state index contributed by atoms with van der Waals surface area (Å²) >= 11 is 0. The van der Waals surface area contributed by atoms with Crippen LogP contribution in [0.2, 0.25) is 0 Å². The molecular formula is C15H15N3O3. The van der Waals surface area contributed by atoms with E-state index in [1.807, 2.05) is 0 Å². The smallest absolute Gasteiger partial charge is 0.251 e. The zero-order valence-corrected chi connectivity index (χ0v) is 11.5. The SMILES string of the molecule is COc1ccc(C(=O)NCc2cnc[nH]2)cc1C#CCO. The molecule has 0 spiro atoms. The Balaban J connectivity index is 2.13. The molecule has 1 amide bonds. The quantitative estimate of drug-likeness (QED) is 0.721. The van der Waals surface area contributed by atoms with Gasteiger partial charge < -0.3 is 20.1 Å². The Kier molecular flexibility index (Phi) is 4.96. The first-order valence-corrected chi connectivity index (χ1v) is 6.28. The molecule has 0 unspecified atom stereocenters. The number of rotatable bonds is 4. The maximum Gasteiger partial charge on any atom is 0.251 e. The van der Waals surface area contributed by atoms with Gasteiger partial charge in [0.2, 0.25) is 0 Å². The fraction of sp³-hybridized carbons (Fsp3) is 0.200. The van der Waals surface area contributed by atoms with Crippen molar-refractivity contribution in [2.24, 2.45) is 0 Å². The number of nitrogens with one attached hydrogen (secondary N) is 2. The Bertz CT molecular complexity index is 669. The number of methoxy groups -OCH3 is 1. The second-order valence-corrected chi connectivity index (χ2v) is 4.13. The van der Waals surface area contributed by atoms with Crippen LogP contribution in [0.3, 0.4) is 0 Å². The lowest BCUT2D eigenvalue weighted by atomic mass is 10.1. The molecule has 0 saturated heterocycles. The Morgan fingerprint density at radius 2 is 2.38 bits per heavy atom. The predicted octanol–water partition coefficient (Wildman–Crippen LogP) is 0.692. The van der Waals surface area contributed by atoms with E-state index in [9.17, 15) is 4.79 Å². The highest BCUT2D eigenvalue weighted by molar-refractivity contribution is 5.94. The van der Waals surface area contributed by atoms with Crippen LogP contribution in [0.4, 0.5) is 0 Å². The van der Waals surface area contributed by atoms with Gasteiger partial charge in [-0.2, -0.15) is 0 Å². The van der Waals surface area contributed by atoms with Gasteiger partial charge in [-0.15, -0.1) is 0 Å². The molecule has 0 saturated carbocycles. The van der Waals surface area contributed by atoms with Crippen molar-refractivity contribution in [3.63, 3.8) is 0 Å². The minimum Gasteiger partial charge on any atom is -0.495 e. The molecule has 1 heterocycles. The van der Waals surface area contributed by atoms with Gasteiger partial charge in [0.15, 0.2) is 0 Å². The van der Waals surface area contributed by atoms with Gasteiger partial charge in [-0.3, -0.25) is 4.79 Å². The maximum absolute atomic E-state index is 12.1. The molecular weight excluding hydrogens is 270 g/mol. The fourth-order valence-electron chi connectivity index (χ4n) is 1.74. The zero-order valence-electron chi connectivity index (χ0n) is 11.5. The van der Waals surface area contributed by atoms with Gasteiger partial charge >= 0.3 is 0 Å². The van der Waals surface area contributed by atoms with Crippen LogP contribution in [-0.2, 0) is 6.54 Å². The van der Waals surface area contributed by atoms with Gasteiger partial charge in [-0.1, -0.05) is 11.8 Å². The number of amides is 1. The van der Waals surface area contributed by atoms with E-state index < -0.39 is 0 Å². The Morgan fingerprint density at radius 3 is 3.05 bits per heavy atom. The van der Waals surface area contributed by atoms with Crippen LogP contribution in [0.5, 0.6) is 5.75 Å². The maximum atomic E-state index is 12.1. The number of hydrogen-bond donors (Lipinski definition) is 3. The van der Waals surface area contributed by atoms with E-state index in [0.29, 0.717) is 23.4 Å². The summed E-state index contributed by atoms with van der Waals surface area (Å²) in [5.41, 5.74) is 1.84. The number of aliphatic hydroxyl groups is 1. The molecule has 1 aromatic carbocycles. The minimum atomic E-state index is -0.251. The largest absolute Gasteiger partial charge is 0.495 e. The third kappa shape index (κ3) is 3.84. The lowest BCUT2D eigenvalue weighted by molar-refractivity contribution is 0.0950. The lowest BCUT2D eigenvalue weighted by Gasteiger charge is -2.07. The zero-order chi connectivity index (χ0) is 15.1. The van der Waals surface area contributed by atoms with Crippen molar-refractivity contribution in [1.29, 1.82) is 0 Å². The average molecular weight is 285 g/mol. The summed E-state index contributed by atoms with van der Waals surface area (Å²) in [6.45, 7) is 0.113. The highest BCUT2D eigenvalue weighted by Gasteiger charge is 2.09. The van der Waals surface area contributed by atoms with Crippen LogP contribution in [0, 0.1) is 11.8 Å². The van der Waals surface area contributed by atoms with Crippen LogP contribution >= 0.6 is 0 Å². The second-order valence-electron chi connectivity index (χ2n) is 4.13. The van der Waals surface area contributed by atoms with E-state index in [4.69, 9.17) is 9.84 Å². The number of hydrogen-bond acceptors (Lipinski definition) is 4. The van der Waals surface area contributed by atoms with Crippen LogP contribution in [0.15, 0.2) is 30.7 Å². The predicted molar refractivity (Wildman–Crippen MR) is 76.7 cm³/mol. The number of benzene rings is 1. The number of ether oxygens (including phenoxy) is 1. The molecule has 108 valence electrons. The molecule has 0 aliphatic rings. The van der Waals surface area contributed by atoms with Crippen LogP contribution in [0.25, 0.3) is 0 Å². The van der Waals surface area contributed by atoms with Gasteiger partial charge in [-0.05, 0) is 18.2 Å². The molecule has 0 aliphatic carbocycles. The molecule has 3 N–H and O–H groups in total. The first-order chi connectivity index (χ1) is 10.2. The topological polar surface area (TPSA) is 87.2 Å². The van der Waals surface area contributed by atoms with E-state index in [2.05, 4.69) is 27.1 Å². The summed E-state index contributed by atoms with van der Waals surface area (Å²) < 4.78 is 5.17. The van der Waals surface area contributed by atoms with Crippen molar-refractivity contribution < 1.29 is 14.6 Å². The summed E-state index contributed by atoms with van der Waals surface area (Å²) in [5.74, 6) is 5.63. The average Bonchev–Trinajstić information content (AvgIpc) is 3.03. The molecule has 21 heavy (non-hydrogen) atoms. The number of carbonyl (C=O) groups excluding carboxylic acids is 1. The lowest BCUT2D eigenvalue weighted by Crippen LogP contribution is -2.23. The summed E-state index contributed by atoms with van der Waals surface area (Å²) in [6, 6.07) is 4.96. The monoisotopic (exact) mass is 285 g/mol. The van der Waals surface area contributed by atoms with E-state index in [-0.39, 0.29) is 12.5 Å². The molecule has 0 aliphatic heterocycles. The summed E-state index contributed by atoms with van der Waals surface area (Å²) in [6.07, 6.45) is 3.20. The summed E-state index contributed by atoms with van der Waals surface area (Å²) in [4.78, 5) is 18.9. The molecule has 1 aromatic heterocycles. The third-order valence-electron chi connectivity index (χ3n) is 2.76. The number of aromatic amines is 1. The Labute approximate surface area is 122 Å². The van der Waals surface area contributed by atoms with Gasteiger partial charge in [0.05, 0.1) is 31.2 Å². The van der Waals surface area contributed by atoms with Crippen molar-refractivity contribution in [3.05, 3.63) is 47.5 Å². The number of aliphatic hydroxyl groups excluding tert-OH is 1. The van der Waals surface area contributed by atoms with Crippen LogP contribution in [-0.4, -0.2) is 34.7 Å². The van der Waals surface area contributed by atoms with Crippen molar-refractivity contribution in [2.45, 2.75) is 6.54 Å². The van der Waals surface area contributed by atoms with Crippen molar-refractivity contribution in [3.8, 4) is 17.6 Å². The molecule has 6 heteroatoms. The van der Waals surface area contributed by atoms with E-state index in [0.717, 1.165) is 5.69 Å². The number of carbonyl (C=O) groups is 1. The van der Waals surface area contributed by atoms with Crippen molar-refractivity contribution in [2.75, 3.05) is 13.7 Å². The summed E-state index contributed by atoms with van der Waals surface area (Å²) in [5, 5.41) is 11.5. The number of imidazole rings is 1. The van der Waals surface area contributed by atoms with E-state index in [1.54, 1.807) is 30.7 Å². The number of aromatic nitrogens is 2. The molecule has 2 rings (SSSR count). The minimum absolute atomic E-state index is 0.223. The first kappa shape index (κ1) is 14.6. The fourth-order valence-corrected chi connectivity index (χ4v) is 1.74. The van der Waals surface area contributed by atoms with Crippen LogP contribution in [0.1, 0.15) is 21.6 Å². The van der Waals surface area contributed by atoms with Gasteiger partial charge in [-0.25, -0.2) is 4.98 Å². The van der Waals surface area contributed by atoms with Gasteiger partial charge in [0.1, 0.15) is 12.4 Å². The highest BCUT2D eigenvalue weighted by atomic mass is 16.5. The molecule has 0 radical (unpaired) electrons. The third-order valence-corrected chi connectivity index (χ3v) is 2.76. The second kappa shape index (κ2) is 7.12. The normalized spacial score (nSPS) is 9.62. The van der Waals surface area contributed by atoms with Crippen LogP contribution < -0.4 is 10.1 Å². The molecule has 2 aromatic rings. The number of H-pyrrole nitrogens is 1. The molecule has 0 bridgehead atoms. The highest BCUT2D eigenvalue weighted by Crippen LogP contribution is 2.18. The number of nitrogens with zero attached hydrogens (tertiary/aromatic N) is 1. The summed E-state index contributed by atoms with van der Waals surface area (Å²) in [7, 11) is 1.53. The van der Waals surface area contributed by atoms with E-state index in [1.165, 1.54) is 7.11 Å². The van der Waals surface area contributed by atoms with Crippen molar-refractivity contribution in [1.82, 2.24) is 15.3 Å². The molecule has 0 atom stereocenters. The Hall–Kier alpha value is -2.78. The van der Waals surface area contributed by atoms with Gasteiger partial charge in [0, 0.05) is 11.8 Å². The molecule has 6 nitrogen and oxygen atoms in total. The molecule has 0 fully saturated rings. The first-order valence-electron chi connectivity index (χ1n) is 6.28.